The average Bonchev–Trinajstić information content (AvgIpc) is 2.30. The Kier molecular flexibility index (Phi) is 2.74. The highest BCUT2D eigenvalue weighted by molar-refractivity contribution is 6.30. The van der Waals surface area contributed by atoms with Crippen molar-refractivity contribution in [3.63, 3.8) is 0 Å². The van der Waals surface area contributed by atoms with Gasteiger partial charge in [-0.2, -0.15) is 0 Å². The quantitative estimate of drug-likeness (QED) is 0.790. The van der Waals surface area contributed by atoms with Gasteiger partial charge >= 0.3 is 0 Å². The molecule has 3 saturated heterocycles. The van der Waals surface area contributed by atoms with Crippen molar-refractivity contribution >= 4 is 11.6 Å². The topological polar surface area (TPSA) is 25.4 Å². The van der Waals surface area contributed by atoms with Crippen LogP contribution < -0.4 is 4.74 Å². The molecule has 1 atom stereocenters. The summed E-state index contributed by atoms with van der Waals surface area (Å²) < 4.78 is 5.98. The molecule has 0 aromatic carbocycles. The number of fused-ring (bicyclic) bond motifs is 3. The third-order valence-corrected chi connectivity index (χ3v) is 3.77. The molecule has 3 fully saturated rings. The molecule has 1 aromatic heterocycles. The van der Waals surface area contributed by atoms with Gasteiger partial charge in [0.1, 0.15) is 11.9 Å². The zero-order chi connectivity index (χ0) is 11.0. The van der Waals surface area contributed by atoms with Crippen LogP contribution in [-0.4, -0.2) is 35.6 Å². The average molecular weight is 239 g/mol. The largest absolute Gasteiger partial charge is 0.487 e. The molecule has 0 unspecified atom stereocenters. The first-order valence-corrected chi connectivity index (χ1v) is 6.18. The second-order valence-electron chi connectivity index (χ2n) is 4.63. The predicted molar refractivity (Wildman–Crippen MR) is 62.8 cm³/mol. The van der Waals surface area contributed by atoms with Crippen molar-refractivity contribution in [1.82, 2.24) is 9.88 Å². The summed E-state index contributed by atoms with van der Waals surface area (Å²) in [7, 11) is 0. The number of pyridine rings is 1. The molecule has 0 spiro atoms. The number of halogens is 1. The van der Waals surface area contributed by atoms with Crippen LogP contribution in [0.2, 0.25) is 5.02 Å². The normalized spacial score (nSPS) is 32.7. The van der Waals surface area contributed by atoms with Crippen molar-refractivity contribution in [2.75, 3.05) is 19.6 Å². The van der Waals surface area contributed by atoms with Gasteiger partial charge in [-0.1, -0.05) is 11.6 Å². The minimum atomic E-state index is 0.322. The third-order valence-electron chi connectivity index (χ3n) is 3.56. The van der Waals surface area contributed by atoms with E-state index in [-0.39, 0.29) is 0 Å². The molecule has 0 saturated carbocycles. The number of hydrogen-bond acceptors (Lipinski definition) is 3. The molecule has 4 heterocycles. The highest BCUT2D eigenvalue weighted by Gasteiger charge is 2.35. The van der Waals surface area contributed by atoms with E-state index in [0.717, 1.165) is 12.3 Å². The number of hydrogen-bond donors (Lipinski definition) is 0. The summed E-state index contributed by atoms with van der Waals surface area (Å²) in [4.78, 5) is 6.52. The summed E-state index contributed by atoms with van der Waals surface area (Å²) in [6.07, 6.45) is 6.22. The predicted octanol–water partition coefficient (Wildman–Crippen LogP) is 2.21. The maximum absolute atomic E-state index is 5.98. The second-order valence-corrected chi connectivity index (χ2v) is 5.07. The fourth-order valence-electron chi connectivity index (χ4n) is 2.68. The molecule has 2 bridgehead atoms. The van der Waals surface area contributed by atoms with Crippen LogP contribution in [0.5, 0.6) is 5.75 Å². The first kappa shape index (κ1) is 10.4. The molecule has 3 nitrogen and oxygen atoms in total. The maximum Gasteiger partial charge on any atom is 0.139 e. The summed E-state index contributed by atoms with van der Waals surface area (Å²) in [6.45, 7) is 3.52. The summed E-state index contributed by atoms with van der Waals surface area (Å²) in [6, 6.07) is 1.84. The van der Waals surface area contributed by atoms with Crippen molar-refractivity contribution in [2.45, 2.75) is 18.9 Å². The van der Waals surface area contributed by atoms with Gasteiger partial charge in [-0.3, -0.25) is 9.88 Å². The van der Waals surface area contributed by atoms with Crippen LogP contribution in [0.25, 0.3) is 0 Å². The van der Waals surface area contributed by atoms with E-state index in [2.05, 4.69) is 9.88 Å². The number of piperidine rings is 3. The van der Waals surface area contributed by atoms with Crippen molar-refractivity contribution in [3.8, 4) is 5.75 Å². The lowest BCUT2D eigenvalue weighted by Gasteiger charge is -2.44. The minimum absolute atomic E-state index is 0.322. The Morgan fingerprint density at radius 3 is 2.75 bits per heavy atom. The van der Waals surface area contributed by atoms with Gasteiger partial charge in [-0.25, -0.2) is 0 Å². The summed E-state index contributed by atoms with van der Waals surface area (Å²) in [5, 5.41) is 0.638. The van der Waals surface area contributed by atoms with Gasteiger partial charge in [-0.05, 0) is 31.8 Å². The summed E-state index contributed by atoms with van der Waals surface area (Å²) in [5.41, 5.74) is 0. The molecule has 0 aliphatic carbocycles. The van der Waals surface area contributed by atoms with E-state index in [0.29, 0.717) is 17.0 Å². The Hall–Kier alpha value is -0.800. The third kappa shape index (κ3) is 2.02. The molecule has 3 aliphatic heterocycles. The first-order chi connectivity index (χ1) is 7.81. The molecule has 16 heavy (non-hydrogen) atoms. The Morgan fingerprint density at radius 1 is 1.31 bits per heavy atom. The van der Waals surface area contributed by atoms with Crippen molar-refractivity contribution < 1.29 is 4.74 Å². The van der Waals surface area contributed by atoms with Crippen LogP contribution in [0.1, 0.15) is 12.8 Å². The number of nitrogens with zero attached hydrogens (tertiary/aromatic N) is 2. The summed E-state index contributed by atoms with van der Waals surface area (Å²) >= 11 is 5.89. The zero-order valence-electron chi connectivity index (χ0n) is 9.10. The lowest BCUT2D eigenvalue weighted by molar-refractivity contribution is -0.00791. The minimum Gasteiger partial charge on any atom is -0.487 e. The molecule has 0 N–H and O–H groups in total. The number of ether oxygens (including phenoxy) is 1. The molecular weight excluding hydrogens is 224 g/mol. The Morgan fingerprint density at radius 2 is 2.12 bits per heavy atom. The maximum atomic E-state index is 5.98. The van der Waals surface area contributed by atoms with E-state index in [4.69, 9.17) is 16.3 Å². The monoisotopic (exact) mass is 238 g/mol. The summed E-state index contributed by atoms with van der Waals surface area (Å²) in [5.74, 6) is 1.51. The van der Waals surface area contributed by atoms with Crippen molar-refractivity contribution in [3.05, 3.63) is 23.5 Å². The molecular formula is C12H15ClN2O. The van der Waals surface area contributed by atoms with Crippen LogP contribution in [0.4, 0.5) is 0 Å². The fourth-order valence-corrected chi connectivity index (χ4v) is 2.84. The first-order valence-electron chi connectivity index (χ1n) is 5.81. The molecule has 0 amide bonds. The van der Waals surface area contributed by atoms with Crippen LogP contribution >= 0.6 is 11.6 Å². The van der Waals surface area contributed by atoms with Crippen molar-refractivity contribution in [1.29, 1.82) is 0 Å². The zero-order valence-corrected chi connectivity index (χ0v) is 9.86. The van der Waals surface area contributed by atoms with E-state index >= 15 is 0 Å². The van der Waals surface area contributed by atoms with E-state index < -0.39 is 0 Å². The highest BCUT2D eigenvalue weighted by atomic mass is 35.5. The van der Waals surface area contributed by atoms with E-state index in [1.54, 1.807) is 12.4 Å². The second kappa shape index (κ2) is 4.22. The van der Waals surface area contributed by atoms with Crippen LogP contribution in [0.3, 0.4) is 0 Å². The molecule has 1 aromatic rings. The van der Waals surface area contributed by atoms with Gasteiger partial charge in [0.05, 0.1) is 11.2 Å². The smallest absolute Gasteiger partial charge is 0.139 e. The fraction of sp³-hybridized carbons (Fsp3) is 0.583. The molecule has 86 valence electrons. The van der Waals surface area contributed by atoms with Gasteiger partial charge in [0.15, 0.2) is 0 Å². The van der Waals surface area contributed by atoms with Crippen LogP contribution in [0.15, 0.2) is 18.5 Å². The molecule has 4 rings (SSSR count). The van der Waals surface area contributed by atoms with Gasteiger partial charge < -0.3 is 4.74 Å². The van der Waals surface area contributed by atoms with E-state index in [9.17, 15) is 0 Å². The SMILES string of the molecule is Clc1cncc(O[C@H]2CN3CCC2CC3)c1. The number of aromatic nitrogens is 1. The van der Waals surface area contributed by atoms with Gasteiger partial charge in [0, 0.05) is 18.8 Å². The standard InChI is InChI=1S/C12H15ClN2O/c13-10-5-11(7-14-6-10)16-12-8-15-3-1-9(12)2-4-15/h5-7,9,12H,1-4,8H2/t12-/m0/s1. The van der Waals surface area contributed by atoms with E-state index in [1.165, 1.54) is 25.9 Å². The molecule has 3 aliphatic rings. The Balaban J connectivity index is 1.71. The van der Waals surface area contributed by atoms with Crippen molar-refractivity contribution in [2.24, 2.45) is 5.92 Å². The van der Waals surface area contributed by atoms with E-state index in [1.807, 2.05) is 6.07 Å². The lowest BCUT2D eigenvalue weighted by Crippen LogP contribution is -2.52. The van der Waals surface area contributed by atoms with Gasteiger partial charge in [0.2, 0.25) is 0 Å². The molecule has 4 heteroatoms. The van der Waals surface area contributed by atoms with Crippen LogP contribution in [-0.2, 0) is 0 Å². The highest BCUT2D eigenvalue weighted by Crippen LogP contribution is 2.30. The molecule has 0 radical (unpaired) electrons. The van der Waals surface area contributed by atoms with Gasteiger partial charge in [0.25, 0.3) is 0 Å². The Labute approximate surface area is 100 Å². The van der Waals surface area contributed by atoms with Gasteiger partial charge in [-0.15, -0.1) is 0 Å². The van der Waals surface area contributed by atoms with Crippen LogP contribution in [0, 0.1) is 5.92 Å². The lowest BCUT2D eigenvalue weighted by atomic mass is 9.86. The Bertz CT molecular complexity index is 377. The number of rotatable bonds is 2.